The van der Waals surface area contributed by atoms with Gasteiger partial charge in [0, 0.05) is 17.1 Å². The molecule has 1 saturated carbocycles. The number of alkyl halides is 3. The highest BCUT2D eigenvalue weighted by atomic mass is 35.5. The molecule has 2 aromatic rings. The summed E-state index contributed by atoms with van der Waals surface area (Å²) < 4.78 is 39.8. The second kappa shape index (κ2) is 7.09. The van der Waals surface area contributed by atoms with E-state index < -0.39 is 29.1 Å². The zero-order chi connectivity index (χ0) is 19.8. The minimum Gasteiger partial charge on any atom is -0.388 e. The van der Waals surface area contributed by atoms with Crippen LogP contribution < -0.4 is 5.32 Å². The molecule has 0 bridgehead atoms. The Labute approximate surface area is 158 Å². The first-order valence-corrected chi connectivity index (χ1v) is 8.66. The third-order valence-corrected chi connectivity index (χ3v) is 4.71. The lowest BCUT2D eigenvalue weighted by molar-refractivity contribution is -0.141. The monoisotopic (exact) mass is 399 g/mol. The minimum absolute atomic E-state index is 0.0337. The maximum atomic E-state index is 13.3. The summed E-state index contributed by atoms with van der Waals surface area (Å²) in [6, 6.07) is 6.25. The van der Waals surface area contributed by atoms with Gasteiger partial charge in [-0.2, -0.15) is 13.2 Å². The van der Waals surface area contributed by atoms with Crippen LogP contribution in [0.2, 0.25) is 5.02 Å². The Balaban J connectivity index is 1.91. The third kappa shape index (κ3) is 4.56. The Bertz CT molecular complexity index is 850. The van der Waals surface area contributed by atoms with Gasteiger partial charge in [0.25, 0.3) is 5.91 Å². The van der Waals surface area contributed by atoms with Gasteiger partial charge in [-0.05, 0) is 37.8 Å². The van der Waals surface area contributed by atoms with Crippen LogP contribution in [0.25, 0.3) is 11.3 Å². The molecule has 0 aliphatic heterocycles. The molecule has 1 aromatic carbocycles. The van der Waals surface area contributed by atoms with Gasteiger partial charge in [0.2, 0.25) is 0 Å². The van der Waals surface area contributed by atoms with Crippen molar-refractivity contribution in [3.8, 4) is 11.3 Å². The summed E-state index contributed by atoms with van der Waals surface area (Å²) in [5.74, 6) is -1.00. The summed E-state index contributed by atoms with van der Waals surface area (Å²) in [6.07, 6.45) is -2.23. The van der Waals surface area contributed by atoms with Crippen LogP contribution in [0.1, 0.15) is 35.9 Å². The first-order chi connectivity index (χ1) is 12.6. The van der Waals surface area contributed by atoms with Gasteiger partial charge in [0.1, 0.15) is 0 Å². The number of nitrogens with zero attached hydrogens (tertiary/aromatic N) is 2. The fourth-order valence-corrected chi connectivity index (χ4v) is 2.83. The van der Waals surface area contributed by atoms with Crippen LogP contribution in [0, 0.1) is 5.92 Å². The summed E-state index contributed by atoms with van der Waals surface area (Å²) in [5.41, 5.74) is -2.79. The summed E-state index contributed by atoms with van der Waals surface area (Å²) in [7, 11) is 0. The number of aliphatic hydroxyl groups is 1. The van der Waals surface area contributed by atoms with Crippen LogP contribution in [-0.4, -0.2) is 33.1 Å². The number of hydrogen-bond donors (Lipinski definition) is 2. The Hall–Kier alpha value is -2.19. The number of amides is 1. The largest absolute Gasteiger partial charge is 0.435 e. The maximum Gasteiger partial charge on any atom is 0.435 e. The minimum atomic E-state index is -4.84. The van der Waals surface area contributed by atoms with Gasteiger partial charge < -0.3 is 10.4 Å². The van der Waals surface area contributed by atoms with Crippen molar-refractivity contribution in [2.45, 2.75) is 31.5 Å². The van der Waals surface area contributed by atoms with Gasteiger partial charge >= 0.3 is 6.18 Å². The lowest BCUT2D eigenvalue weighted by atomic mass is 10.0. The Kier molecular flexibility index (Phi) is 5.14. The smallest absolute Gasteiger partial charge is 0.388 e. The number of carbonyl (C=O) groups is 1. The molecule has 0 spiro atoms. The van der Waals surface area contributed by atoms with E-state index in [-0.39, 0.29) is 18.2 Å². The van der Waals surface area contributed by atoms with E-state index in [1.165, 1.54) is 0 Å². The molecule has 3 rings (SSSR count). The van der Waals surface area contributed by atoms with Crippen molar-refractivity contribution in [3.05, 3.63) is 46.9 Å². The SMILES string of the molecule is CC(O)(CNC(=O)c1nc(-c2ccc(Cl)cc2)cnc1C(F)(F)F)C1CC1. The van der Waals surface area contributed by atoms with Gasteiger partial charge in [0.15, 0.2) is 11.4 Å². The second-order valence-corrected chi connectivity index (χ2v) is 7.21. The van der Waals surface area contributed by atoms with E-state index in [2.05, 4.69) is 15.3 Å². The van der Waals surface area contributed by atoms with Gasteiger partial charge in [-0.3, -0.25) is 4.79 Å². The molecule has 0 saturated heterocycles. The van der Waals surface area contributed by atoms with Gasteiger partial charge in [-0.1, -0.05) is 23.7 Å². The predicted molar refractivity (Wildman–Crippen MR) is 93.2 cm³/mol. The molecule has 1 amide bonds. The van der Waals surface area contributed by atoms with Crippen molar-refractivity contribution in [1.82, 2.24) is 15.3 Å². The molecule has 2 N–H and O–H groups in total. The van der Waals surface area contributed by atoms with E-state index in [4.69, 9.17) is 11.6 Å². The zero-order valence-corrected chi connectivity index (χ0v) is 15.1. The summed E-state index contributed by atoms with van der Waals surface area (Å²) >= 11 is 5.81. The van der Waals surface area contributed by atoms with Crippen LogP contribution >= 0.6 is 11.6 Å². The van der Waals surface area contributed by atoms with E-state index >= 15 is 0 Å². The van der Waals surface area contributed by atoms with E-state index in [0.717, 1.165) is 19.0 Å². The number of halogens is 4. The zero-order valence-electron chi connectivity index (χ0n) is 14.3. The Morgan fingerprint density at radius 1 is 1.30 bits per heavy atom. The number of nitrogens with one attached hydrogen (secondary N) is 1. The van der Waals surface area contributed by atoms with Crippen molar-refractivity contribution in [2.24, 2.45) is 5.92 Å². The number of hydrogen-bond acceptors (Lipinski definition) is 4. The normalized spacial score (nSPS) is 16.7. The standard InChI is InChI=1S/C18H17ClF3N3O2/c1-17(27,11-4-5-11)9-24-16(26)14-15(18(20,21)22)23-8-13(25-14)10-2-6-12(19)7-3-10/h2-3,6-8,11,27H,4-5,9H2,1H3,(H,24,26). The Morgan fingerprint density at radius 3 is 2.48 bits per heavy atom. The van der Waals surface area contributed by atoms with Crippen molar-refractivity contribution < 1.29 is 23.1 Å². The molecular formula is C18H17ClF3N3O2. The highest BCUT2D eigenvalue weighted by Crippen LogP contribution is 2.39. The quantitative estimate of drug-likeness (QED) is 0.803. The van der Waals surface area contributed by atoms with Crippen LogP contribution in [-0.2, 0) is 6.18 Å². The maximum absolute atomic E-state index is 13.3. The number of aromatic nitrogens is 2. The number of benzene rings is 1. The van der Waals surface area contributed by atoms with Crippen molar-refractivity contribution in [3.63, 3.8) is 0 Å². The van der Waals surface area contributed by atoms with Gasteiger partial charge in [-0.25, -0.2) is 9.97 Å². The lowest BCUT2D eigenvalue weighted by Gasteiger charge is -2.23. The summed E-state index contributed by atoms with van der Waals surface area (Å²) in [5, 5.41) is 13.1. The Morgan fingerprint density at radius 2 is 1.93 bits per heavy atom. The third-order valence-electron chi connectivity index (χ3n) is 4.46. The van der Waals surface area contributed by atoms with E-state index in [1.54, 1.807) is 31.2 Å². The molecular weight excluding hydrogens is 383 g/mol. The van der Waals surface area contributed by atoms with Gasteiger partial charge in [-0.15, -0.1) is 0 Å². The summed E-state index contributed by atoms with van der Waals surface area (Å²) in [4.78, 5) is 19.7. The molecule has 9 heteroatoms. The predicted octanol–water partition coefficient (Wildman–Crippen LogP) is 3.71. The van der Waals surface area contributed by atoms with Crippen molar-refractivity contribution in [2.75, 3.05) is 6.54 Å². The fourth-order valence-electron chi connectivity index (χ4n) is 2.71. The molecule has 27 heavy (non-hydrogen) atoms. The molecule has 1 aliphatic rings. The van der Waals surface area contributed by atoms with Crippen LogP contribution in [0.15, 0.2) is 30.5 Å². The average Bonchev–Trinajstić information content (AvgIpc) is 3.45. The number of rotatable bonds is 5. The molecule has 144 valence electrons. The highest BCUT2D eigenvalue weighted by Gasteiger charge is 2.41. The topological polar surface area (TPSA) is 75.1 Å². The van der Waals surface area contributed by atoms with Crippen LogP contribution in [0.4, 0.5) is 13.2 Å². The van der Waals surface area contributed by atoms with E-state index in [9.17, 15) is 23.1 Å². The van der Waals surface area contributed by atoms with Crippen molar-refractivity contribution >= 4 is 17.5 Å². The fraction of sp³-hybridized carbons (Fsp3) is 0.389. The molecule has 1 aromatic heterocycles. The first-order valence-electron chi connectivity index (χ1n) is 8.29. The molecule has 1 atom stereocenters. The molecule has 5 nitrogen and oxygen atoms in total. The van der Waals surface area contributed by atoms with Crippen molar-refractivity contribution in [1.29, 1.82) is 0 Å². The van der Waals surface area contributed by atoms with Crippen LogP contribution in [0.5, 0.6) is 0 Å². The number of carbonyl (C=O) groups excluding carboxylic acids is 1. The molecule has 0 radical (unpaired) electrons. The van der Waals surface area contributed by atoms with E-state index in [1.807, 2.05) is 0 Å². The van der Waals surface area contributed by atoms with E-state index in [0.29, 0.717) is 10.6 Å². The molecule has 1 aliphatic carbocycles. The molecule has 1 fully saturated rings. The van der Waals surface area contributed by atoms with Gasteiger partial charge in [0.05, 0.1) is 17.5 Å². The molecule has 1 heterocycles. The summed E-state index contributed by atoms with van der Waals surface area (Å²) in [6.45, 7) is 1.38. The average molecular weight is 400 g/mol. The van der Waals surface area contributed by atoms with Crippen LogP contribution in [0.3, 0.4) is 0 Å². The second-order valence-electron chi connectivity index (χ2n) is 6.77. The molecule has 1 unspecified atom stereocenters. The lowest BCUT2D eigenvalue weighted by Crippen LogP contribution is -2.43. The highest BCUT2D eigenvalue weighted by molar-refractivity contribution is 6.30. The first kappa shape index (κ1) is 19.6.